The average Bonchev–Trinajstić information content (AvgIpc) is 2.65. The highest BCUT2D eigenvalue weighted by molar-refractivity contribution is 7.98. The van der Waals surface area contributed by atoms with Crippen LogP contribution in [0.1, 0.15) is 33.1 Å². The van der Waals surface area contributed by atoms with Crippen LogP contribution in [0.2, 0.25) is 0 Å². The molecule has 0 aromatic rings. The average molecular weight is 450 g/mol. The third-order valence-corrected chi connectivity index (χ3v) is 4.72. The van der Waals surface area contributed by atoms with E-state index in [4.69, 9.17) is 16.6 Å². The molecule has 0 bridgehead atoms. The summed E-state index contributed by atoms with van der Waals surface area (Å²) in [6.07, 6.45) is 0.520. The van der Waals surface area contributed by atoms with Gasteiger partial charge in [-0.25, -0.2) is 4.79 Å². The largest absolute Gasteiger partial charge is 0.480 e. The van der Waals surface area contributed by atoms with Crippen LogP contribution in [0.5, 0.6) is 0 Å². The third-order valence-electron chi connectivity index (χ3n) is 4.08. The lowest BCUT2D eigenvalue weighted by molar-refractivity contribution is -0.142. The fourth-order valence-electron chi connectivity index (χ4n) is 2.25. The molecule has 0 aromatic carbocycles. The van der Waals surface area contributed by atoms with Crippen LogP contribution in [0.3, 0.4) is 0 Å². The number of hydrogen-bond acceptors (Lipinski definition) is 8. The van der Waals surface area contributed by atoms with Gasteiger partial charge in [0.15, 0.2) is 0 Å². The standard InChI is InChI=1S/C17H31N5O7S/c1-8(14(25)21-11(17(28)29)6-7-30-3)20-16(27)13(9(2)23)22-15(26)10(18)4-5-12(19)24/h8-11,13,23H,4-7,18H2,1-3H3,(H2,19,24)(H,20,27)(H,21,25)(H,22,26)(H,28,29). The molecule has 0 heterocycles. The summed E-state index contributed by atoms with van der Waals surface area (Å²) in [7, 11) is 0. The first-order valence-electron chi connectivity index (χ1n) is 9.25. The summed E-state index contributed by atoms with van der Waals surface area (Å²) in [5, 5.41) is 25.9. The molecule has 9 N–H and O–H groups in total. The first-order valence-corrected chi connectivity index (χ1v) is 10.6. The molecular weight excluding hydrogens is 418 g/mol. The Morgan fingerprint density at radius 2 is 1.57 bits per heavy atom. The minimum atomic E-state index is -1.42. The van der Waals surface area contributed by atoms with E-state index < -0.39 is 59.9 Å². The van der Waals surface area contributed by atoms with Crippen molar-refractivity contribution in [1.29, 1.82) is 0 Å². The summed E-state index contributed by atoms with van der Waals surface area (Å²) in [6.45, 7) is 2.59. The Morgan fingerprint density at radius 3 is 2.03 bits per heavy atom. The van der Waals surface area contributed by atoms with Crippen molar-refractivity contribution in [1.82, 2.24) is 16.0 Å². The number of carbonyl (C=O) groups is 5. The Morgan fingerprint density at radius 1 is 0.967 bits per heavy atom. The summed E-state index contributed by atoms with van der Waals surface area (Å²) >= 11 is 1.43. The highest BCUT2D eigenvalue weighted by atomic mass is 32.2. The van der Waals surface area contributed by atoms with E-state index in [0.717, 1.165) is 0 Å². The molecule has 172 valence electrons. The molecule has 0 saturated carbocycles. The number of aliphatic hydroxyl groups excluding tert-OH is 1. The maximum absolute atomic E-state index is 12.4. The minimum Gasteiger partial charge on any atom is -0.480 e. The zero-order valence-electron chi connectivity index (χ0n) is 17.2. The molecule has 5 unspecified atom stereocenters. The number of carbonyl (C=O) groups excluding carboxylic acids is 4. The van der Waals surface area contributed by atoms with E-state index in [9.17, 15) is 29.1 Å². The van der Waals surface area contributed by atoms with Gasteiger partial charge in [0.05, 0.1) is 12.1 Å². The van der Waals surface area contributed by atoms with Gasteiger partial charge in [-0.05, 0) is 38.7 Å². The van der Waals surface area contributed by atoms with Gasteiger partial charge in [0, 0.05) is 6.42 Å². The molecule has 4 amide bonds. The van der Waals surface area contributed by atoms with Gasteiger partial charge in [0.25, 0.3) is 0 Å². The maximum atomic E-state index is 12.4. The van der Waals surface area contributed by atoms with Crippen molar-refractivity contribution in [3.05, 3.63) is 0 Å². The predicted octanol–water partition coefficient (Wildman–Crippen LogP) is -2.73. The number of nitrogens with one attached hydrogen (secondary N) is 3. The van der Waals surface area contributed by atoms with Crippen molar-refractivity contribution in [3.8, 4) is 0 Å². The molecule has 0 aliphatic rings. The van der Waals surface area contributed by atoms with Crippen LogP contribution in [0.25, 0.3) is 0 Å². The van der Waals surface area contributed by atoms with Crippen LogP contribution in [0.15, 0.2) is 0 Å². The number of carboxylic acids is 1. The molecule has 13 heteroatoms. The summed E-state index contributed by atoms with van der Waals surface area (Å²) in [4.78, 5) is 58.7. The summed E-state index contributed by atoms with van der Waals surface area (Å²) in [6, 6.07) is -4.78. The number of nitrogens with two attached hydrogens (primary N) is 2. The molecule has 0 aliphatic heterocycles. The first kappa shape index (κ1) is 27.6. The molecular formula is C17H31N5O7S. The molecule has 0 spiro atoms. The molecule has 0 rings (SSSR count). The fourth-order valence-corrected chi connectivity index (χ4v) is 2.72. The maximum Gasteiger partial charge on any atom is 0.326 e. The van der Waals surface area contributed by atoms with Crippen LogP contribution in [0, 0.1) is 0 Å². The molecule has 30 heavy (non-hydrogen) atoms. The number of thioether (sulfide) groups is 1. The van der Waals surface area contributed by atoms with Crippen LogP contribution >= 0.6 is 11.8 Å². The highest BCUT2D eigenvalue weighted by Gasteiger charge is 2.30. The fraction of sp³-hybridized carbons (Fsp3) is 0.706. The lowest BCUT2D eigenvalue weighted by atomic mass is 10.1. The Bertz CT molecular complexity index is 632. The van der Waals surface area contributed by atoms with Gasteiger partial charge in [-0.2, -0.15) is 11.8 Å². The van der Waals surface area contributed by atoms with Crippen molar-refractivity contribution in [2.45, 2.75) is 63.4 Å². The molecule has 0 aliphatic carbocycles. The van der Waals surface area contributed by atoms with Crippen molar-refractivity contribution in [2.24, 2.45) is 11.5 Å². The van der Waals surface area contributed by atoms with Crippen molar-refractivity contribution in [2.75, 3.05) is 12.0 Å². The van der Waals surface area contributed by atoms with E-state index in [1.807, 2.05) is 0 Å². The Balaban J connectivity index is 4.92. The predicted molar refractivity (Wildman–Crippen MR) is 110 cm³/mol. The van der Waals surface area contributed by atoms with Gasteiger partial charge in [-0.3, -0.25) is 19.2 Å². The molecule has 0 saturated heterocycles. The van der Waals surface area contributed by atoms with Crippen LogP contribution in [-0.2, 0) is 24.0 Å². The summed E-state index contributed by atoms with van der Waals surface area (Å²) < 4.78 is 0. The zero-order valence-corrected chi connectivity index (χ0v) is 18.0. The van der Waals surface area contributed by atoms with E-state index >= 15 is 0 Å². The van der Waals surface area contributed by atoms with E-state index in [1.54, 1.807) is 6.26 Å². The Hall–Kier alpha value is -2.38. The van der Waals surface area contributed by atoms with Crippen LogP contribution in [0.4, 0.5) is 0 Å². The molecule has 0 fully saturated rings. The van der Waals surface area contributed by atoms with E-state index in [1.165, 1.54) is 25.6 Å². The number of rotatable bonds is 14. The molecule has 5 atom stereocenters. The van der Waals surface area contributed by atoms with Crippen LogP contribution < -0.4 is 27.4 Å². The summed E-state index contributed by atoms with van der Waals surface area (Å²) in [5.74, 6) is -3.69. The smallest absolute Gasteiger partial charge is 0.326 e. The van der Waals surface area contributed by atoms with Gasteiger partial charge in [-0.15, -0.1) is 0 Å². The molecule has 0 aromatic heterocycles. The number of amides is 4. The zero-order chi connectivity index (χ0) is 23.4. The molecule has 12 nitrogen and oxygen atoms in total. The number of primary amides is 1. The number of carboxylic acid groups (broad SMARTS) is 1. The van der Waals surface area contributed by atoms with Gasteiger partial charge in [-0.1, -0.05) is 0 Å². The first-order chi connectivity index (χ1) is 13.9. The number of aliphatic carboxylic acids is 1. The quantitative estimate of drug-likeness (QED) is 0.146. The topological polar surface area (TPSA) is 214 Å². The lowest BCUT2D eigenvalue weighted by Crippen LogP contribution is -2.59. The second-order valence-corrected chi connectivity index (χ2v) is 7.74. The minimum absolute atomic E-state index is 0.0409. The Labute approximate surface area is 178 Å². The Kier molecular flexibility index (Phi) is 12.7. The summed E-state index contributed by atoms with van der Waals surface area (Å²) in [5.41, 5.74) is 10.6. The second-order valence-electron chi connectivity index (χ2n) is 6.75. The van der Waals surface area contributed by atoms with E-state index in [0.29, 0.717) is 5.75 Å². The van der Waals surface area contributed by atoms with Crippen molar-refractivity contribution >= 4 is 41.4 Å². The lowest BCUT2D eigenvalue weighted by Gasteiger charge is -2.25. The monoisotopic (exact) mass is 449 g/mol. The van der Waals surface area contributed by atoms with Crippen molar-refractivity contribution in [3.63, 3.8) is 0 Å². The number of aliphatic hydroxyl groups is 1. The third kappa shape index (κ3) is 10.4. The highest BCUT2D eigenvalue weighted by Crippen LogP contribution is 2.03. The van der Waals surface area contributed by atoms with E-state index in [2.05, 4.69) is 16.0 Å². The SMILES string of the molecule is CSCCC(NC(=O)C(C)NC(=O)C(NC(=O)C(N)CCC(N)=O)C(C)O)C(=O)O. The second kappa shape index (κ2) is 13.8. The van der Waals surface area contributed by atoms with Gasteiger partial charge in [0.2, 0.25) is 23.6 Å². The van der Waals surface area contributed by atoms with Gasteiger partial charge in [0.1, 0.15) is 18.1 Å². The van der Waals surface area contributed by atoms with Crippen LogP contribution in [-0.4, -0.2) is 82.1 Å². The number of hydrogen-bond donors (Lipinski definition) is 7. The van der Waals surface area contributed by atoms with Gasteiger partial charge < -0.3 is 37.6 Å². The normalized spacial score (nSPS) is 15.8. The van der Waals surface area contributed by atoms with Crippen molar-refractivity contribution < 1.29 is 34.2 Å². The van der Waals surface area contributed by atoms with Gasteiger partial charge >= 0.3 is 5.97 Å². The van der Waals surface area contributed by atoms with E-state index in [-0.39, 0.29) is 19.3 Å². The molecule has 0 radical (unpaired) electrons.